The van der Waals surface area contributed by atoms with Crippen LogP contribution in [0.3, 0.4) is 0 Å². The molecule has 13 heavy (non-hydrogen) atoms. The molecule has 0 saturated heterocycles. The predicted octanol–water partition coefficient (Wildman–Crippen LogP) is 0.237. The van der Waals surface area contributed by atoms with Gasteiger partial charge in [0.1, 0.15) is 0 Å². The van der Waals surface area contributed by atoms with Crippen LogP contribution < -0.4 is 16.5 Å². The number of nitrogens with two attached hydrogens (primary N) is 1. The van der Waals surface area contributed by atoms with E-state index < -0.39 is 0 Å². The zero-order valence-electron chi connectivity index (χ0n) is 7.32. The van der Waals surface area contributed by atoms with E-state index in [1.165, 1.54) is 0 Å². The predicted molar refractivity (Wildman–Crippen MR) is 58.2 cm³/mol. The molecule has 5 heteroatoms. The molecule has 4 nitrogen and oxygen atoms in total. The van der Waals surface area contributed by atoms with Crippen LogP contribution in [-0.2, 0) is 0 Å². The third-order valence-electron chi connectivity index (χ3n) is 1.55. The summed E-state index contributed by atoms with van der Waals surface area (Å²) in [7, 11) is 0. The molecule has 0 amide bonds. The van der Waals surface area contributed by atoms with Crippen LogP contribution >= 0.6 is 12.2 Å². The highest BCUT2D eigenvalue weighted by Crippen LogP contribution is 2.06. The van der Waals surface area contributed by atoms with Gasteiger partial charge in [-0.05, 0) is 31.4 Å². The average molecular weight is 196 g/mol. The van der Waals surface area contributed by atoms with Crippen LogP contribution in [0.1, 0.15) is 6.92 Å². The minimum absolute atomic E-state index is 0.162. The van der Waals surface area contributed by atoms with Gasteiger partial charge in [0.15, 0.2) is 5.11 Å². The van der Waals surface area contributed by atoms with E-state index in [4.69, 9.17) is 5.73 Å². The van der Waals surface area contributed by atoms with Crippen molar-refractivity contribution in [2.45, 2.75) is 12.5 Å². The first-order valence-electron chi connectivity index (χ1n) is 3.84. The Labute approximate surface area is 82.6 Å². The summed E-state index contributed by atoms with van der Waals surface area (Å²) in [4.78, 5) is 0. The van der Waals surface area contributed by atoms with Crippen molar-refractivity contribution in [3.05, 3.63) is 24.4 Å². The van der Waals surface area contributed by atoms with Crippen molar-refractivity contribution in [1.82, 2.24) is 10.7 Å². The molecule has 0 aromatic rings. The molecule has 1 atom stereocenters. The number of thiocarbonyl (C=S) groups is 1. The highest BCUT2D eigenvalue weighted by molar-refractivity contribution is 7.80. The van der Waals surface area contributed by atoms with Crippen LogP contribution in [0, 0.1) is 0 Å². The van der Waals surface area contributed by atoms with Crippen LogP contribution in [0.25, 0.3) is 0 Å². The second kappa shape index (κ2) is 4.04. The SMILES string of the molecule is CC1(C=NNC(N)=S)C=CC=CN1. The van der Waals surface area contributed by atoms with E-state index in [-0.39, 0.29) is 10.7 Å². The number of nitrogens with zero attached hydrogens (tertiary/aromatic N) is 1. The van der Waals surface area contributed by atoms with Crippen molar-refractivity contribution in [2.75, 3.05) is 0 Å². The molecule has 1 aliphatic heterocycles. The molecule has 1 heterocycles. The summed E-state index contributed by atoms with van der Waals surface area (Å²) in [6.45, 7) is 1.98. The quantitative estimate of drug-likeness (QED) is 0.336. The molecule has 0 aliphatic carbocycles. The van der Waals surface area contributed by atoms with E-state index in [1.807, 2.05) is 31.4 Å². The van der Waals surface area contributed by atoms with E-state index in [9.17, 15) is 0 Å². The highest BCUT2D eigenvalue weighted by Gasteiger charge is 2.16. The Hall–Kier alpha value is -1.36. The number of hydrogen-bond acceptors (Lipinski definition) is 3. The van der Waals surface area contributed by atoms with Crippen LogP contribution in [0.15, 0.2) is 29.5 Å². The number of hydrogen-bond donors (Lipinski definition) is 3. The first-order chi connectivity index (χ1) is 6.12. The lowest BCUT2D eigenvalue weighted by molar-refractivity contribution is 0.658. The molecule has 1 unspecified atom stereocenters. The maximum absolute atomic E-state index is 5.21. The lowest BCUT2D eigenvalue weighted by Gasteiger charge is -2.23. The molecule has 0 aromatic heterocycles. The highest BCUT2D eigenvalue weighted by atomic mass is 32.1. The fourth-order valence-corrected chi connectivity index (χ4v) is 0.950. The maximum atomic E-state index is 5.21. The van der Waals surface area contributed by atoms with E-state index in [0.29, 0.717) is 0 Å². The molecule has 4 N–H and O–H groups in total. The molecule has 0 spiro atoms. The van der Waals surface area contributed by atoms with Gasteiger partial charge in [-0.1, -0.05) is 12.2 Å². The van der Waals surface area contributed by atoms with E-state index in [1.54, 1.807) is 6.21 Å². The van der Waals surface area contributed by atoms with Crippen LogP contribution in [-0.4, -0.2) is 16.9 Å². The van der Waals surface area contributed by atoms with Gasteiger partial charge in [0.05, 0.1) is 11.8 Å². The van der Waals surface area contributed by atoms with Crippen molar-refractivity contribution in [2.24, 2.45) is 10.8 Å². The van der Waals surface area contributed by atoms with E-state index >= 15 is 0 Å². The van der Waals surface area contributed by atoms with Crippen molar-refractivity contribution in [3.8, 4) is 0 Å². The zero-order valence-corrected chi connectivity index (χ0v) is 8.14. The Bertz CT molecular complexity index is 282. The minimum Gasteiger partial charge on any atom is -0.377 e. The van der Waals surface area contributed by atoms with E-state index in [2.05, 4.69) is 28.1 Å². The number of nitrogens with one attached hydrogen (secondary N) is 2. The van der Waals surface area contributed by atoms with Crippen molar-refractivity contribution >= 4 is 23.5 Å². The summed E-state index contributed by atoms with van der Waals surface area (Å²) in [5.41, 5.74) is 7.43. The summed E-state index contributed by atoms with van der Waals surface area (Å²) in [6.07, 6.45) is 9.40. The topological polar surface area (TPSA) is 62.4 Å². The second-order valence-electron chi connectivity index (χ2n) is 2.88. The fraction of sp³-hybridized carbons (Fsp3) is 0.250. The zero-order chi connectivity index (χ0) is 9.73. The summed E-state index contributed by atoms with van der Waals surface area (Å²) in [5.74, 6) is 0. The standard InChI is InChI=1S/C8H12N4S/c1-8(4-2-3-5-10-8)6-11-12-7(9)13/h2-6,10H,1H3,(H3,9,12,13). The van der Waals surface area contributed by atoms with Gasteiger partial charge in [0.2, 0.25) is 0 Å². The van der Waals surface area contributed by atoms with Crippen LogP contribution in [0.5, 0.6) is 0 Å². The first-order valence-corrected chi connectivity index (χ1v) is 4.25. The Morgan fingerprint density at radius 3 is 3.00 bits per heavy atom. The summed E-state index contributed by atoms with van der Waals surface area (Å²) < 4.78 is 0. The van der Waals surface area contributed by atoms with Gasteiger partial charge in [-0.15, -0.1) is 0 Å². The number of rotatable bonds is 2. The van der Waals surface area contributed by atoms with Gasteiger partial charge >= 0.3 is 0 Å². The Morgan fingerprint density at radius 1 is 1.69 bits per heavy atom. The molecule has 1 rings (SSSR count). The lowest BCUT2D eigenvalue weighted by atomic mass is 10.0. The number of dihydropyridines is 1. The van der Waals surface area contributed by atoms with Gasteiger partial charge in [-0.3, -0.25) is 5.43 Å². The Morgan fingerprint density at radius 2 is 2.46 bits per heavy atom. The molecular weight excluding hydrogens is 184 g/mol. The van der Waals surface area contributed by atoms with E-state index in [0.717, 1.165) is 0 Å². The lowest BCUT2D eigenvalue weighted by Crippen LogP contribution is -2.40. The summed E-state index contributed by atoms with van der Waals surface area (Å²) >= 11 is 4.60. The summed E-state index contributed by atoms with van der Waals surface area (Å²) in [6, 6.07) is 0. The molecule has 1 aliphatic rings. The molecule has 0 fully saturated rings. The Kier molecular flexibility index (Phi) is 3.02. The van der Waals surface area contributed by atoms with Gasteiger partial charge in [0.25, 0.3) is 0 Å². The molecule has 0 aromatic carbocycles. The fourth-order valence-electron chi connectivity index (χ4n) is 0.897. The maximum Gasteiger partial charge on any atom is 0.184 e. The first kappa shape index (κ1) is 9.73. The summed E-state index contributed by atoms with van der Waals surface area (Å²) in [5, 5.41) is 7.17. The molecule has 70 valence electrons. The average Bonchev–Trinajstić information content (AvgIpc) is 2.04. The normalized spacial score (nSPS) is 25.9. The third-order valence-corrected chi connectivity index (χ3v) is 1.64. The van der Waals surface area contributed by atoms with Gasteiger partial charge in [-0.2, -0.15) is 5.10 Å². The Balaban J connectivity index is 2.52. The van der Waals surface area contributed by atoms with Crippen molar-refractivity contribution in [3.63, 3.8) is 0 Å². The molecule has 0 bridgehead atoms. The van der Waals surface area contributed by atoms with Crippen LogP contribution in [0.2, 0.25) is 0 Å². The number of hydrazone groups is 1. The van der Waals surface area contributed by atoms with Crippen LogP contribution in [0.4, 0.5) is 0 Å². The van der Waals surface area contributed by atoms with Gasteiger partial charge in [-0.25, -0.2) is 0 Å². The smallest absolute Gasteiger partial charge is 0.184 e. The monoisotopic (exact) mass is 196 g/mol. The second-order valence-corrected chi connectivity index (χ2v) is 3.32. The largest absolute Gasteiger partial charge is 0.377 e. The molecule has 0 radical (unpaired) electrons. The van der Waals surface area contributed by atoms with Crippen molar-refractivity contribution < 1.29 is 0 Å². The molecular formula is C8H12N4S. The molecule has 0 saturated carbocycles. The van der Waals surface area contributed by atoms with Crippen molar-refractivity contribution in [1.29, 1.82) is 0 Å². The minimum atomic E-state index is -0.271. The van der Waals surface area contributed by atoms with Gasteiger partial charge < -0.3 is 11.1 Å². The third kappa shape index (κ3) is 3.25. The van der Waals surface area contributed by atoms with Gasteiger partial charge in [0, 0.05) is 0 Å². The number of allylic oxidation sites excluding steroid dienone is 2.